The molecule has 144 valence electrons. The average Bonchev–Trinajstić information content (AvgIpc) is 2.62. The number of carbonyl (C=O) groups is 1. The number of benzene rings is 2. The van der Waals surface area contributed by atoms with Crippen molar-refractivity contribution in [1.29, 1.82) is 0 Å². The number of ether oxygens (including phenoxy) is 3. The molecule has 2 rings (SSSR count). The van der Waals surface area contributed by atoms with Crippen LogP contribution in [0.5, 0.6) is 11.5 Å². The second-order valence-corrected chi connectivity index (χ2v) is 7.17. The number of rotatable bonds is 9. The van der Waals surface area contributed by atoms with E-state index in [4.69, 9.17) is 14.2 Å². The first kappa shape index (κ1) is 20.7. The van der Waals surface area contributed by atoms with Gasteiger partial charge in [-0.2, -0.15) is 0 Å². The molecule has 0 amide bonds. The van der Waals surface area contributed by atoms with E-state index in [-0.39, 0.29) is 12.6 Å². The first-order chi connectivity index (χ1) is 12.9. The van der Waals surface area contributed by atoms with Crippen molar-refractivity contribution in [3.05, 3.63) is 66.2 Å². The molecular weight excluding hydrogens is 340 g/mol. The lowest BCUT2D eigenvalue weighted by Gasteiger charge is -2.19. The minimum absolute atomic E-state index is 0.00383. The van der Waals surface area contributed by atoms with Gasteiger partial charge in [-0.1, -0.05) is 42.5 Å². The molecule has 27 heavy (non-hydrogen) atoms. The first-order valence-corrected chi connectivity index (χ1v) is 9.21. The molecule has 4 heteroatoms. The fourth-order valence-electron chi connectivity index (χ4n) is 2.32. The van der Waals surface area contributed by atoms with E-state index in [0.717, 1.165) is 29.9 Å². The molecule has 0 aliphatic carbocycles. The summed E-state index contributed by atoms with van der Waals surface area (Å²) in [4.78, 5) is 11.5. The Morgan fingerprint density at radius 1 is 0.963 bits per heavy atom. The van der Waals surface area contributed by atoms with Gasteiger partial charge in [0, 0.05) is 6.61 Å². The standard InChI is InChI=1S/C23H28O4/c1-23(2,3)27-22(24)18-25-17-9-5-6-10-19-13-15-21(16-14-19)26-20-11-7-4-8-12-20/h4,6-8,10-16H,5,9,17-18H2,1-3H3. The lowest BCUT2D eigenvalue weighted by Crippen LogP contribution is -2.26. The van der Waals surface area contributed by atoms with Crippen molar-refractivity contribution < 1.29 is 19.0 Å². The molecule has 0 unspecified atom stereocenters. The van der Waals surface area contributed by atoms with Gasteiger partial charge in [-0.15, -0.1) is 0 Å². The summed E-state index contributed by atoms with van der Waals surface area (Å²) in [7, 11) is 0. The maximum Gasteiger partial charge on any atom is 0.332 e. The smallest absolute Gasteiger partial charge is 0.332 e. The molecule has 0 spiro atoms. The normalized spacial score (nSPS) is 11.5. The van der Waals surface area contributed by atoms with Crippen molar-refractivity contribution in [3.8, 4) is 11.5 Å². The average molecular weight is 368 g/mol. The Morgan fingerprint density at radius 2 is 1.63 bits per heavy atom. The summed E-state index contributed by atoms with van der Waals surface area (Å²) in [6.07, 6.45) is 5.91. The Bertz CT molecular complexity index is 712. The summed E-state index contributed by atoms with van der Waals surface area (Å²) >= 11 is 0. The van der Waals surface area contributed by atoms with Crippen molar-refractivity contribution in [2.45, 2.75) is 39.2 Å². The maximum atomic E-state index is 11.5. The van der Waals surface area contributed by atoms with Crippen molar-refractivity contribution in [3.63, 3.8) is 0 Å². The van der Waals surface area contributed by atoms with Gasteiger partial charge in [-0.25, -0.2) is 4.79 Å². The highest BCUT2D eigenvalue weighted by Crippen LogP contribution is 2.21. The van der Waals surface area contributed by atoms with Gasteiger partial charge in [0.05, 0.1) is 0 Å². The van der Waals surface area contributed by atoms with Gasteiger partial charge in [0.25, 0.3) is 0 Å². The van der Waals surface area contributed by atoms with E-state index in [2.05, 4.69) is 12.2 Å². The predicted molar refractivity (Wildman–Crippen MR) is 108 cm³/mol. The zero-order valence-corrected chi connectivity index (χ0v) is 16.3. The van der Waals surface area contributed by atoms with Crippen LogP contribution in [-0.2, 0) is 14.3 Å². The van der Waals surface area contributed by atoms with Gasteiger partial charge < -0.3 is 14.2 Å². The molecule has 0 radical (unpaired) electrons. The molecule has 0 atom stereocenters. The topological polar surface area (TPSA) is 44.8 Å². The third-order valence-electron chi connectivity index (χ3n) is 3.47. The van der Waals surface area contributed by atoms with E-state index < -0.39 is 5.60 Å². The number of esters is 1. The first-order valence-electron chi connectivity index (χ1n) is 9.21. The van der Waals surface area contributed by atoms with Crippen molar-refractivity contribution >= 4 is 12.0 Å². The van der Waals surface area contributed by atoms with E-state index in [0.29, 0.717) is 6.61 Å². The lowest BCUT2D eigenvalue weighted by molar-refractivity contribution is -0.160. The Kier molecular flexibility index (Phi) is 8.08. The fraction of sp³-hybridized carbons (Fsp3) is 0.348. The van der Waals surface area contributed by atoms with Crippen LogP contribution in [0, 0.1) is 0 Å². The monoisotopic (exact) mass is 368 g/mol. The Morgan fingerprint density at radius 3 is 2.30 bits per heavy atom. The van der Waals surface area contributed by atoms with Gasteiger partial charge in [0.1, 0.15) is 23.7 Å². The van der Waals surface area contributed by atoms with E-state index in [1.54, 1.807) is 0 Å². The molecule has 2 aromatic carbocycles. The van der Waals surface area contributed by atoms with Crippen LogP contribution in [0.1, 0.15) is 39.2 Å². The highest BCUT2D eigenvalue weighted by atomic mass is 16.6. The maximum absolute atomic E-state index is 11.5. The van der Waals surface area contributed by atoms with E-state index in [9.17, 15) is 4.79 Å². The molecule has 0 aliphatic rings. The van der Waals surface area contributed by atoms with Gasteiger partial charge in [-0.05, 0) is 63.4 Å². The second-order valence-electron chi connectivity index (χ2n) is 7.17. The second kappa shape index (κ2) is 10.5. The van der Waals surface area contributed by atoms with Crippen LogP contribution in [0.4, 0.5) is 0 Å². The molecular formula is C23H28O4. The predicted octanol–water partition coefficient (Wildman–Crippen LogP) is 5.63. The van der Waals surface area contributed by atoms with Crippen LogP contribution in [-0.4, -0.2) is 24.8 Å². The van der Waals surface area contributed by atoms with Crippen molar-refractivity contribution in [2.75, 3.05) is 13.2 Å². The number of hydrogen-bond acceptors (Lipinski definition) is 4. The number of carbonyl (C=O) groups excluding carboxylic acids is 1. The van der Waals surface area contributed by atoms with Crippen molar-refractivity contribution in [2.24, 2.45) is 0 Å². The molecule has 2 aromatic rings. The minimum atomic E-state index is -0.467. The van der Waals surface area contributed by atoms with Gasteiger partial charge in [0.2, 0.25) is 0 Å². The SMILES string of the molecule is CC(C)(C)OC(=O)COCCCC=Cc1ccc(Oc2ccccc2)cc1. The van der Waals surface area contributed by atoms with E-state index >= 15 is 0 Å². The highest BCUT2D eigenvalue weighted by Gasteiger charge is 2.15. The van der Waals surface area contributed by atoms with Crippen LogP contribution in [0.25, 0.3) is 6.08 Å². The fourth-order valence-corrected chi connectivity index (χ4v) is 2.32. The molecule has 0 saturated carbocycles. The quantitative estimate of drug-likeness (QED) is 0.425. The molecule has 0 bridgehead atoms. The lowest BCUT2D eigenvalue weighted by atomic mass is 10.2. The van der Waals surface area contributed by atoms with E-state index in [1.807, 2.05) is 75.4 Å². The summed E-state index contributed by atoms with van der Waals surface area (Å²) < 4.78 is 16.3. The Labute approximate surface area is 161 Å². The molecule has 0 aliphatic heterocycles. The van der Waals surface area contributed by atoms with Gasteiger partial charge >= 0.3 is 5.97 Å². The minimum Gasteiger partial charge on any atom is -0.458 e. The summed E-state index contributed by atoms with van der Waals surface area (Å²) in [5.74, 6) is 1.32. The van der Waals surface area contributed by atoms with E-state index in [1.165, 1.54) is 0 Å². The number of para-hydroxylation sites is 1. The van der Waals surface area contributed by atoms with Crippen LogP contribution >= 0.6 is 0 Å². The number of hydrogen-bond donors (Lipinski definition) is 0. The number of allylic oxidation sites excluding steroid dienone is 1. The molecule has 4 nitrogen and oxygen atoms in total. The summed E-state index contributed by atoms with van der Waals surface area (Å²) in [6, 6.07) is 17.7. The molecule has 0 saturated heterocycles. The zero-order valence-electron chi connectivity index (χ0n) is 16.3. The van der Waals surface area contributed by atoms with Gasteiger partial charge in [-0.3, -0.25) is 0 Å². The van der Waals surface area contributed by atoms with Crippen LogP contribution in [0.2, 0.25) is 0 Å². The van der Waals surface area contributed by atoms with Crippen LogP contribution in [0.3, 0.4) is 0 Å². The van der Waals surface area contributed by atoms with Gasteiger partial charge in [0.15, 0.2) is 0 Å². The van der Waals surface area contributed by atoms with Crippen LogP contribution in [0.15, 0.2) is 60.7 Å². The largest absolute Gasteiger partial charge is 0.458 e. The van der Waals surface area contributed by atoms with Crippen molar-refractivity contribution in [1.82, 2.24) is 0 Å². The molecule has 0 aromatic heterocycles. The third kappa shape index (κ3) is 9.06. The summed E-state index contributed by atoms with van der Waals surface area (Å²) in [5, 5.41) is 0. The molecule has 0 fully saturated rings. The highest BCUT2D eigenvalue weighted by molar-refractivity contribution is 5.71. The summed E-state index contributed by atoms with van der Waals surface area (Å²) in [5.41, 5.74) is 0.648. The Hall–Kier alpha value is -2.59. The molecule has 0 N–H and O–H groups in total. The zero-order chi connectivity index (χ0) is 19.5. The summed E-state index contributed by atoms with van der Waals surface area (Å²) in [6.45, 7) is 6.07. The van der Waals surface area contributed by atoms with Crippen LogP contribution < -0.4 is 4.74 Å². The number of unbranched alkanes of at least 4 members (excludes halogenated alkanes) is 1. The third-order valence-corrected chi connectivity index (χ3v) is 3.47. The Balaban J connectivity index is 1.63. The molecule has 0 heterocycles.